The first-order valence-electron chi connectivity index (χ1n) is 8.67. The van der Waals surface area contributed by atoms with E-state index in [0.29, 0.717) is 6.42 Å². The van der Waals surface area contributed by atoms with Gasteiger partial charge in [-0.3, -0.25) is 4.79 Å². The van der Waals surface area contributed by atoms with E-state index < -0.39 is 50.9 Å². The molecule has 2 aromatic rings. The van der Waals surface area contributed by atoms with Gasteiger partial charge in [-0.1, -0.05) is 6.07 Å². The summed E-state index contributed by atoms with van der Waals surface area (Å²) in [6, 6.07) is 5.46. The Morgan fingerprint density at radius 3 is 2.32 bits per heavy atom. The Bertz CT molecular complexity index is 1000. The highest BCUT2D eigenvalue weighted by molar-refractivity contribution is 7.89. The smallest absolute Gasteiger partial charge is 0.254 e. The first-order valence-corrected chi connectivity index (χ1v) is 10.1. The number of rotatable bonds is 6. The lowest BCUT2D eigenvalue weighted by Crippen LogP contribution is -2.31. The van der Waals surface area contributed by atoms with Crippen molar-refractivity contribution in [3.05, 3.63) is 65.0 Å². The van der Waals surface area contributed by atoms with E-state index in [0.717, 1.165) is 30.3 Å². The van der Waals surface area contributed by atoms with E-state index in [1.807, 2.05) is 0 Å². The molecular formula is C19H19F3N2O3S. The minimum atomic E-state index is -3.91. The van der Waals surface area contributed by atoms with Crippen LogP contribution in [-0.2, 0) is 10.0 Å². The van der Waals surface area contributed by atoms with Crippen LogP contribution in [0, 0.1) is 17.5 Å². The summed E-state index contributed by atoms with van der Waals surface area (Å²) >= 11 is 0. The molecule has 1 fully saturated rings. The normalized spacial score (nSPS) is 18.9. The van der Waals surface area contributed by atoms with Crippen LogP contribution in [0.25, 0.3) is 0 Å². The van der Waals surface area contributed by atoms with Crippen molar-refractivity contribution in [3.8, 4) is 0 Å². The molecule has 2 aromatic carbocycles. The summed E-state index contributed by atoms with van der Waals surface area (Å²) in [5.41, 5.74) is -0.572. The highest BCUT2D eigenvalue weighted by Gasteiger charge is 2.43. The monoisotopic (exact) mass is 412 g/mol. The van der Waals surface area contributed by atoms with Gasteiger partial charge < -0.3 is 5.32 Å². The lowest BCUT2D eigenvalue weighted by atomic mass is 10.1. The standard InChI is InChI=1S/C19H19F3N2O3S/c1-10(2)24-28(26,27)11-6-7-14(20)12(8-11)19(25)23-17-9-13(17)18-15(21)4-3-5-16(18)22/h3-8,10,13,17,24H,9H2,1-2H3,(H,23,25). The molecule has 1 aliphatic rings. The van der Waals surface area contributed by atoms with Gasteiger partial charge in [-0.15, -0.1) is 0 Å². The van der Waals surface area contributed by atoms with Crippen molar-refractivity contribution in [2.75, 3.05) is 0 Å². The van der Waals surface area contributed by atoms with Crippen molar-refractivity contribution in [3.63, 3.8) is 0 Å². The van der Waals surface area contributed by atoms with Crippen LogP contribution in [0.1, 0.15) is 42.1 Å². The second-order valence-corrected chi connectivity index (χ2v) is 8.69. The molecule has 1 saturated carbocycles. The largest absolute Gasteiger partial charge is 0.349 e. The average Bonchev–Trinajstić information content (AvgIpc) is 3.32. The van der Waals surface area contributed by atoms with Crippen LogP contribution >= 0.6 is 0 Å². The van der Waals surface area contributed by atoms with E-state index in [-0.39, 0.29) is 16.5 Å². The summed E-state index contributed by atoms with van der Waals surface area (Å²) in [5.74, 6) is -3.71. The number of carbonyl (C=O) groups excluding carboxylic acids is 1. The quantitative estimate of drug-likeness (QED) is 0.766. The maximum atomic E-state index is 14.1. The third-order valence-electron chi connectivity index (χ3n) is 4.36. The lowest BCUT2D eigenvalue weighted by molar-refractivity contribution is 0.0946. The highest BCUT2D eigenvalue weighted by atomic mass is 32.2. The molecule has 0 aromatic heterocycles. The number of benzene rings is 2. The molecule has 0 spiro atoms. The molecular weight excluding hydrogens is 393 g/mol. The molecule has 5 nitrogen and oxygen atoms in total. The predicted octanol–water partition coefficient (Wildman–Crippen LogP) is 3.08. The Morgan fingerprint density at radius 1 is 1.07 bits per heavy atom. The zero-order valence-electron chi connectivity index (χ0n) is 15.2. The molecule has 0 heterocycles. The van der Waals surface area contributed by atoms with E-state index in [9.17, 15) is 26.4 Å². The van der Waals surface area contributed by atoms with E-state index in [2.05, 4.69) is 10.0 Å². The molecule has 0 aliphatic heterocycles. The Balaban J connectivity index is 1.78. The Labute approximate surface area is 161 Å². The van der Waals surface area contributed by atoms with E-state index in [1.54, 1.807) is 13.8 Å². The van der Waals surface area contributed by atoms with Crippen LogP contribution in [0.2, 0.25) is 0 Å². The maximum absolute atomic E-state index is 14.1. The van der Waals surface area contributed by atoms with Gasteiger partial charge in [-0.05, 0) is 50.6 Å². The van der Waals surface area contributed by atoms with Crippen LogP contribution in [0.15, 0.2) is 41.3 Å². The number of hydrogen-bond acceptors (Lipinski definition) is 3. The zero-order valence-corrected chi connectivity index (χ0v) is 16.0. The first kappa shape index (κ1) is 20.3. The van der Waals surface area contributed by atoms with Gasteiger partial charge in [0.1, 0.15) is 17.5 Å². The van der Waals surface area contributed by atoms with Crippen LogP contribution in [0.4, 0.5) is 13.2 Å². The minimum absolute atomic E-state index is 0.120. The van der Waals surface area contributed by atoms with Crippen LogP contribution in [0.5, 0.6) is 0 Å². The van der Waals surface area contributed by atoms with Crippen molar-refractivity contribution in [2.45, 2.75) is 43.2 Å². The fourth-order valence-corrected chi connectivity index (χ4v) is 4.29. The topological polar surface area (TPSA) is 75.3 Å². The van der Waals surface area contributed by atoms with Crippen LogP contribution < -0.4 is 10.0 Å². The van der Waals surface area contributed by atoms with Gasteiger partial charge in [0.05, 0.1) is 10.5 Å². The van der Waals surface area contributed by atoms with E-state index >= 15 is 0 Å². The molecule has 2 unspecified atom stereocenters. The molecule has 3 rings (SSSR count). The number of hydrogen-bond donors (Lipinski definition) is 2. The van der Waals surface area contributed by atoms with Gasteiger partial charge in [0.15, 0.2) is 0 Å². The molecule has 1 aliphatic carbocycles. The molecule has 0 saturated heterocycles. The van der Waals surface area contributed by atoms with E-state index in [4.69, 9.17) is 0 Å². The third-order valence-corrected chi connectivity index (χ3v) is 6.02. The molecule has 2 N–H and O–H groups in total. The third kappa shape index (κ3) is 4.20. The summed E-state index contributed by atoms with van der Waals surface area (Å²) in [5, 5.41) is 2.51. The molecule has 1 amide bonds. The number of sulfonamides is 1. The second-order valence-electron chi connectivity index (χ2n) is 6.98. The summed E-state index contributed by atoms with van der Waals surface area (Å²) < 4.78 is 68.6. The fourth-order valence-electron chi connectivity index (χ4n) is 3.01. The number of amides is 1. The average molecular weight is 412 g/mol. The summed E-state index contributed by atoms with van der Waals surface area (Å²) in [6.45, 7) is 3.26. The van der Waals surface area contributed by atoms with Crippen LogP contribution in [-0.4, -0.2) is 26.4 Å². The molecule has 9 heteroatoms. The van der Waals surface area contributed by atoms with Crippen molar-refractivity contribution < 1.29 is 26.4 Å². The highest BCUT2D eigenvalue weighted by Crippen LogP contribution is 2.43. The second kappa shape index (κ2) is 7.56. The number of halogens is 3. The van der Waals surface area contributed by atoms with Gasteiger partial charge in [-0.25, -0.2) is 26.3 Å². The van der Waals surface area contributed by atoms with Crippen molar-refractivity contribution in [2.24, 2.45) is 0 Å². The van der Waals surface area contributed by atoms with Crippen molar-refractivity contribution >= 4 is 15.9 Å². The van der Waals surface area contributed by atoms with Gasteiger partial charge >= 0.3 is 0 Å². The van der Waals surface area contributed by atoms with Crippen LogP contribution in [0.3, 0.4) is 0 Å². The zero-order chi connectivity index (χ0) is 20.6. The Hall–Kier alpha value is -2.39. The number of nitrogens with one attached hydrogen (secondary N) is 2. The number of carbonyl (C=O) groups is 1. The molecule has 0 radical (unpaired) electrons. The minimum Gasteiger partial charge on any atom is -0.349 e. The van der Waals surface area contributed by atoms with Crippen molar-refractivity contribution in [1.82, 2.24) is 10.0 Å². The predicted molar refractivity (Wildman–Crippen MR) is 96.8 cm³/mol. The molecule has 2 atom stereocenters. The summed E-state index contributed by atoms with van der Waals surface area (Å²) in [7, 11) is -3.91. The van der Waals surface area contributed by atoms with Gasteiger partial charge in [0.2, 0.25) is 10.0 Å². The summed E-state index contributed by atoms with van der Waals surface area (Å²) in [6.07, 6.45) is 0.304. The maximum Gasteiger partial charge on any atom is 0.254 e. The van der Waals surface area contributed by atoms with Gasteiger partial charge in [0.25, 0.3) is 5.91 Å². The van der Waals surface area contributed by atoms with Crippen molar-refractivity contribution in [1.29, 1.82) is 0 Å². The lowest BCUT2D eigenvalue weighted by Gasteiger charge is -2.12. The fraction of sp³-hybridized carbons (Fsp3) is 0.316. The summed E-state index contributed by atoms with van der Waals surface area (Å²) in [4.78, 5) is 12.2. The Morgan fingerprint density at radius 2 is 1.71 bits per heavy atom. The first-order chi connectivity index (χ1) is 13.1. The molecule has 0 bridgehead atoms. The molecule has 28 heavy (non-hydrogen) atoms. The van der Waals surface area contributed by atoms with Gasteiger partial charge in [-0.2, -0.15) is 0 Å². The van der Waals surface area contributed by atoms with Gasteiger partial charge in [0, 0.05) is 23.6 Å². The molecule has 150 valence electrons. The SMILES string of the molecule is CC(C)NS(=O)(=O)c1ccc(F)c(C(=O)NC2CC2c2c(F)cccc2F)c1. The Kier molecular flexibility index (Phi) is 5.49. The van der Waals surface area contributed by atoms with E-state index in [1.165, 1.54) is 6.07 Å².